The maximum Gasteiger partial charge on any atom is 0.0601 e. The molecule has 0 atom stereocenters. The van der Waals surface area contributed by atoms with E-state index in [0.717, 1.165) is 13.1 Å². The largest absolute Gasteiger partial charge is 0.329 e. The lowest BCUT2D eigenvalue weighted by Crippen LogP contribution is -2.56. The lowest BCUT2D eigenvalue weighted by atomic mass is 9.75. The molecule has 1 aliphatic rings. The predicted molar refractivity (Wildman–Crippen MR) is 47.1 cm³/mol. The number of hydrogen-bond acceptors (Lipinski definition) is 2. The summed E-state index contributed by atoms with van der Waals surface area (Å²) in [4.78, 5) is 2.20. The molecule has 2 N–H and O–H groups in total. The van der Waals surface area contributed by atoms with Crippen LogP contribution in [0.4, 0.5) is 0 Å². The van der Waals surface area contributed by atoms with Crippen molar-refractivity contribution in [3.8, 4) is 12.3 Å². The first kappa shape index (κ1) is 8.58. The van der Waals surface area contributed by atoms with E-state index in [4.69, 9.17) is 12.2 Å². The van der Waals surface area contributed by atoms with Gasteiger partial charge in [0.25, 0.3) is 0 Å². The molecular formula is C9H16N2. The molecule has 0 unspecified atom stereocenters. The van der Waals surface area contributed by atoms with Crippen LogP contribution in [0, 0.1) is 12.3 Å². The van der Waals surface area contributed by atoms with E-state index in [-0.39, 0.29) is 5.54 Å². The third kappa shape index (κ3) is 1.40. The molecule has 0 bridgehead atoms. The zero-order valence-corrected chi connectivity index (χ0v) is 7.14. The lowest BCUT2D eigenvalue weighted by Gasteiger charge is -2.47. The van der Waals surface area contributed by atoms with Gasteiger partial charge in [-0.15, -0.1) is 6.42 Å². The minimum absolute atomic E-state index is 0.242. The molecule has 0 aromatic heterocycles. The van der Waals surface area contributed by atoms with Crippen LogP contribution in [0.1, 0.15) is 19.3 Å². The minimum atomic E-state index is 0.242. The first-order valence-corrected chi connectivity index (χ1v) is 4.10. The summed E-state index contributed by atoms with van der Waals surface area (Å²) in [6.45, 7) is 1.46. The van der Waals surface area contributed by atoms with Crippen molar-refractivity contribution in [1.82, 2.24) is 4.90 Å². The Kier molecular flexibility index (Phi) is 2.53. The average Bonchev–Trinajstić information content (AvgIpc) is 1.87. The first-order chi connectivity index (χ1) is 5.25. The fourth-order valence-corrected chi connectivity index (χ4v) is 1.63. The van der Waals surface area contributed by atoms with E-state index in [1.54, 1.807) is 0 Å². The summed E-state index contributed by atoms with van der Waals surface area (Å²) >= 11 is 0. The van der Waals surface area contributed by atoms with Crippen LogP contribution in [0.2, 0.25) is 0 Å². The van der Waals surface area contributed by atoms with Gasteiger partial charge >= 0.3 is 0 Å². The predicted octanol–water partition coefficient (Wildman–Crippen LogP) is 0.433. The highest BCUT2D eigenvalue weighted by molar-refractivity contribution is 5.01. The van der Waals surface area contributed by atoms with Crippen molar-refractivity contribution < 1.29 is 0 Å². The van der Waals surface area contributed by atoms with Crippen LogP contribution in [-0.2, 0) is 0 Å². The van der Waals surface area contributed by atoms with Gasteiger partial charge in [0.15, 0.2) is 0 Å². The normalized spacial score (nSPS) is 20.9. The number of nitrogens with zero attached hydrogens (tertiary/aromatic N) is 1. The van der Waals surface area contributed by atoms with Crippen LogP contribution < -0.4 is 5.73 Å². The molecule has 1 aliphatic carbocycles. The Bertz CT molecular complexity index is 159. The van der Waals surface area contributed by atoms with E-state index in [0.29, 0.717) is 0 Å². The topological polar surface area (TPSA) is 29.3 Å². The molecule has 2 heteroatoms. The fourth-order valence-electron chi connectivity index (χ4n) is 1.63. The molecule has 11 heavy (non-hydrogen) atoms. The van der Waals surface area contributed by atoms with Gasteiger partial charge in [-0.25, -0.2) is 0 Å². The SMILES string of the molecule is C#CCN(C)C1(CN)CCC1. The maximum absolute atomic E-state index is 5.69. The molecule has 0 aromatic rings. The van der Waals surface area contributed by atoms with Gasteiger partial charge in [-0.1, -0.05) is 5.92 Å². The second kappa shape index (κ2) is 3.25. The molecule has 62 valence electrons. The molecule has 1 fully saturated rings. The second-order valence-corrected chi connectivity index (χ2v) is 3.34. The quantitative estimate of drug-likeness (QED) is 0.594. The molecule has 0 aromatic carbocycles. The van der Waals surface area contributed by atoms with E-state index in [2.05, 4.69) is 17.9 Å². The van der Waals surface area contributed by atoms with Gasteiger partial charge in [-0.2, -0.15) is 0 Å². The number of rotatable bonds is 3. The van der Waals surface area contributed by atoms with Crippen molar-refractivity contribution in [2.45, 2.75) is 24.8 Å². The van der Waals surface area contributed by atoms with Gasteiger partial charge in [0.05, 0.1) is 6.54 Å². The zero-order chi connectivity index (χ0) is 8.32. The maximum atomic E-state index is 5.69. The minimum Gasteiger partial charge on any atom is -0.329 e. The van der Waals surface area contributed by atoms with Crippen LogP contribution in [0.5, 0.6) is 0 Å². The van der Waals surface area contributed by atoms with Gasteiger partial charge in [0.2, 0.25) is 0 Å². The van der Waals surface area contributed by atoms with Crippen molar-refractivity contribution >= 4 is 0 Å². The van der Waals surface area contributed by atoms with E-state index < -0.39 is 0 Å². The smallest absolute Gasteiger partial charge is 0.0601 e. The first-order valence-electron chi connectivity index (χ1n) is 4.10. The van der Waals surface area contributed by atoms with Crippen LogP contribution in [0.3, 0.4) is 0 Å². The summed E-state index contributed by atoms with van der Waals surface area (Å²) in [6, 6.07) is 0. The molecule has 0 heterocycles. The highest BCUT2D eigenvalue weighted by atomic mass is 15.2. The van der Waals surface area contributed by atoms with Gasteiger partial charge in [0, 0.05) is 12.1 Å². The van der Waals surface area contributed by atoms with Gasteiger partial charge in [-0.05, 0) is 26.3 Å². The Morgan fingerprint density at radius 3 is 2.55 bits per heavy atom. The third-order valence-electron chi connectivity index (χ3n) is 2.80. The molecule has 0 spiro atoms. The summed E-state index contributed by atoms with van der Waals surface area (Å²) < 4.78 is 0. The van der Waals surface area contributed by atoms with Crippen LogP contribution >= 0.6 is 0 Å². The van der Waals surface area contributed by atoms with Crippen molar-refractivity contribution in [3.63, 3.8) is 0 Å². The lowest BCUT2D eigenvalue weighted by molar-refractivity contribution is 0.0582. The molecule has 1 rings (SSSR count). The Morgan fingerprint density at radius 2 is 2.27 bits per heavy atom. The highest BCUT2D eigenvalue weighted by Crippen LogP contribution is 2.35. The zero-order valence-electron chi connectivity index (χ0n) is 7.14. The molecule has 0 radical (unpaired) electrons. The monoisotopic (exact) mass is 152 g/mol. The number of likely N-dealkylation sites (N-methyl/N-ethyl adjacent to an activating group) is 1. The second-order valence-electron chi connectivity index (χ2n) is 3.34. The summed E-state index contributed by atoms with van der Waals surface area (Å²) in [5.74, 6) is 2.65. The fraction of sp³-hybridized carbons (Fsp3) is 0.778. The van der Waals surface area contributed by atoms with E-state index in [1.807, 2.05) is 0 Å². The number of terminal acetylenes is 1. The van der Waals surface area contributed by atoms with Crippen LogP contribution in [-0.4, -0.2) is 30.6 Å². The highest BCUT2D eigenvalue weighted by Gasteiger charge is 2.38. The Hall–Kier alpha value is -0.520. The van der Waals surface area contributed by atoms with Gasteiger partial charge in [0.1, 0.15) is 0 Å². The molecule has 1 saturated carbocycles. The summed E-state index contributed by atoms with van der Waals surface area (Å²) in [5.41, 5.74) is 5.93. The standard InChI is InChI=1S/C9H16N2/c1-3-7-11(2)9(8-10)5-4-6-9/h1H,4-8,10H2,2H3. The van der Waals surface area contributed by atoms with Crippen molar-refractivity contribution in [2.75, 3.05) is 20.1 Å². The van der Waals surface area contributed by atoms with Crippen molar-refractivity contribution in [3.05, 3.63) is 0 Å². The number of hydrogen-bond donors (Lipinski definition) is 1. The molecule has 0 saturated heterocycles. The van der Waals surface area contributed by atoms with Gasteiger partial charge in [-0.3, -0.25) is 4.90 Å². The Balaban J connectivity index is 2.48. The van der Waals surface area contributed by atoms with Crippen molar-refractivity contribution in [1.29, 1.82) is 0 Å². The van der Waals surface area contributed by atoms with E-state index in [1.165, 1.54) is 19.3 Å². The average molecular weight is 152 g/mol. The van der Waals surface area contributed by atoms with Crippen LogP contribution in [0.15, 0.2) is 0 Å². The molecule has 0 amide bonds. The summed E-state index contributed by atoms with van der Waals surface area (Å²) in [6.07, 6.45) is 8.94. The van der Waals surface area contributed by atoms with E-state index >= 15 is 0 Å². The van der Waals surface area contributed by atoms with Gasteiger partial charge < -0.3 is 5.73 Å². The number of nitrogens with two attached hydrogens (primary N) is 1. The molecule has 0 aliphatic heterocycles. The third-order valence-corrected chi connectivity index (χ3v) is 2.80. The summed E-state index contributed by atoms with van der Waals surface area (Å²) in [7, 11) is 2.06. The van der Waals surface area contributed by atoms with Crippen molar-refractivity contribution in [2.24, 2.45) is 5.73 Å². The molecule has 2 nitrogen and oxygen atoms in total. The Labute approximate surface area is 68.8 Å². The Morgan fingerprint density at radius 1 is 1.64 bits per heavy atom. The summed E-state index contributed by atoms with van der Waals surface area (Å²) in [5, 5.41) is 0. The van der Waals surface area contributed by atoms with Crippen LogP contribution in [0.25, 0.3) is 0 Å². The molecular weight excluding hydrogens is 136 g/mol. The van der Waals surface area contributed by atoms with E-state index in [9.17, 15) is 0 Å².